The van der Waals surface area contributed by atoms with Crippen molar-refractivity contribution >= 4 is 11.8 Å². The van der Waals surface area contributed by atoms with E-state index in [9.17, 15) is 14.9 Å². The summed E-state index contributed by atoms with van der Waals surface area (Å²) in [5, 5.41) is 10.7. The van der Waals surface area contributed by atoms with Crippen LogP contribution in [0, 0.1) is 17.0 Å². The van der Waals surface area contributed by atoms with E-state index >= 15 is 0 Å². The molecule has 2 aromatic heterocycles. The summed E-state index contributed by atoms with van der Waals surface area (Å²) >= 11 is 0. The van der Waals surface area contributed by atoms with Gasteiger partial charge < -0.3 is 13.7 Å². The van der Waals surface area contributed by atoms with Crippen LogP contribution in [0.25, 0.3) is 0 Å². The van der Waals surface area contributed by atoms with Crippen LogP contribution < -0.4 is 0 Å². The van der Waals surface area contributed by atoms with Crippen LogP contribution in [0.15, 0.2) is 33.1 Å². The third kappa shape index (κ3) is 2.61. The molecule has 2 aromatic rings. The second-order valence-electron chi connectivity index (χ2n) is 5.35. The van der Waals surface area contributed by atoms with E-state index in [4.69, 9.17) is 8.83 Å². The van der Waals surface area contributed by atoms with Gasteiger partial charge in [-0.05, 0) is 44.4 Å². The summed E-state index contributed by atoms with van der Waals surface area (Å²) in [5.74, 6) is 0.757. The van der Waals surface area contributed by atoms with Gasteiger partial charge in [0.2, 0.25) is 0 Å². The molecule has 1 aliphatic heterocycles. The van der Waals surface area contributed by atoms with Crippen molar-refractivity contribution in [2.45, 2.75) is 32.2 Å². The molecule has 3 rings (SSSR count). The van der Waals surface area contributed by atoms with E-state index in [1.54, 1.807) is 4.90 Å². The van der Waals surface area contributed by atoms with Gasteiger partial charge in [0.25, 0.3) is 5.91 Å². The van der Waals surface area contributed by atoms with Gasteiger partial charge in [-0.3, -0.25) is 14.9 Å². The fourth-order valence-corrected chi connectivity index (χ4v) is 2.79. The second kappa shape index (κ2) is 5.67. The highest BCUT2D eigenvalue weighted by atomic mass is 16.6. The highest BCUT2D eigenvalue weighted by Gasteiger charge is 2.32. The number of amides is 1. The van der Waals surface area contributed by atoms with E-state index in [0.29, 0.717) is 6.54 Å². The van der Waals surface area contributed by atoms with Gasteiger partial charge in [-0.25, -0.2) is 0 Å². The van der Waals surface area contributed by atoms with E-state index in [2.05, 4.69) is 0 Å². The minimum absolute atomic E-state index is 0.0121. The van der Waals surface area contributed by atoms with Gasteiger partial charge in [0.05, 0.1) is 12.1 Å². The van der Waals surface area contributed by atoms with Gasteiger partial charge in [-0.1, -0.05) is 0 Å². The molecule has 116 valence electrons. The van der Waals surface area contributed by atoms with Crippen LogP contribution in [-0.2, 0) is 0 Å². The second-order valence-corrected chi connectivity index (χ2v) is 5.35. The van der Waals surface area contributed by atoms with Gasteiger partial charge in [0.15, 0.2) is 5.76 Å². The van der Waals surface area contributed by atoms with Crippen molar-refractivity contribution in [3.05, 3.63) is 51.7 Å². The summed E-state index contributed by atoms with van der Waals surface area (Å²) in [7, 11) is 0. The monoisotopic (exact) mass is 304 g/mol. The maximum atomic E-state index is 12.6. The molecule has 0 spiro atoms. The molecule has 1 aliphatic rings. The van der Waals surface area contributed by atoms with Crippen LogP contribution in [0.1, 0.15) is 47.4 Å². The molecular formula is C15H16N2O5. The quantitative estimate of drug-likeness (QED) is 0.640. The number of carbonyl (C=O) groups is 1. The molecule has 0 saturated carbocycles. The van der Waals surface area contributed by atoms with Crippen molar-refractivity contribution in [3.63, 3.8) is 0 Å². The van der Waals surface area contributed by atoms with Crippen molar-refractivity contribution in [1.82, 2.24) is 4.90 Å². The maximum absolute atomic E-state index is 12.6. The Morgan fingerprint density at radius 3 is 2.73 bits per heavy atom. The Morgan fingerprint density at radius 2 is 2.09 bits per heavy atom. The van der Waals surface area contributed by atoms with Crippen LogP contribution in [0.4, 0.5) is 5.88 Å². The lowest BCUT2D eigenvalue weighted by Crippen LogP contribution is -2.38. The molecule has 1 atom stereocenters. The zero-order valence-electron chi connectivity index (χ0n) is 12.2. The molecule has 0 radical (unpaired) electrons. The third-order valence-corrected chi connectivity index (χ3v) is 3.84. The number of hydrogen-bond acceptors (Lipinski definition) is 5. The van der Waals surface area contributed by atoms with E-state index in [1.807, 2.05) is 19.1 Å². The van der Waals surface area contributed by atoms with E-state index in [0.717, 1.165) is 30.8 Å². The number of furan rings is 2. The zero-order valence-corrected chi connectivity index (χ0v) is 12.2. The average molecular weight is 304 g/mol. The molecule has 7 heteroatoms. The molecule has 1 saturated heterocycles. The first kappa shape index (κ1) is 14.4. The smallest absolute Gasteiger partial charge is 0.433 e. The lowest BCUT2D eigenvalue weighted by atomic mass is 9.99. The number of rotatable bonds is 3. The Bertz CT molecular complexity index is 702. The predicted octanol–water partition coefficient (Wildman–Crippen LogP) is 3.46. The largest absolute Gasteiger partial charge is 0.464 e. The Hall–Kier alpha value is -2.57. The van der Waals surface area contributed by atoms with Gasteiger partial charge in [-0.2, -0.15) is 0 Å². The molecule has 1 fully saturated rings. The highest BCUT2D eigenvalue weighted by molar-refractivity contribution is 5.92. The Labute approximate surface area is 126 Å². The van der Waals surface area contributed by atoms with E-state index < -0.39 is 10.8 Å². The Balaban J connectivity index is 1.86. The fourth-order valence-electron chi connectivity index (χ4n) is 2.79. The fraction of sp³-hybridized carbons (Fsp3) is 0.400. The highest BCUT2D eigenvalue weighted by Crippen LogP contribution is 2.33. The first-order valence-electron chi connectivity index (χ1n) is 7.18. The number of likely N-dealkylation sites (tertiary alicyclic amines) is 1. The number of nitrogens with zero attached hydrogens (tertiary/aromatic N) is 2. The number of aryl methyl sites for hydroxylation is 1. The number of hydrogen-bond donors (Lipinski definition) is 0. The molecule has 22 heavy (non-hydrogen) atoms. The first-order chi connectivity index (χ1) is 10.6. The zero-order chi connectivity index (χ0) is 15.7. The Morgan fingerprint density at radius 1 is 1.27 bits per heavy atom. The lowest BCUT2D eigenvalue weighted by molar-refractivity contribution is -0.402. The van der Waals surface area contributed by atoms with Crippen LogP contribution in [0.5, 0.6) is 0 Å². The molecule has 0 unspecified atom stereocenters. The standard InChI is InChI=1S/C15H16N2O5/c1-10-5-6-12(21-10)11-4-2-3-9-16(11)15(18)13-7-8-14(22-13)17(19)20/h5-8,11H,2-4,9H2,1H3/t11-/m0/s1. The van der Waals surface area contributed by atoms with Gasteiger partial charge >= 0.3 is 5.88 Å². The van der Waals surface area contributed by atoms with Gasteiger partial charge in [0, 0.05) is 6.54 Å². The molecule has 0 N–H and O–H groups in total. The third-order valence-electron chi connectivity index (χ3n) is 3.84. The summed E-state index contributed by atoms with van der Waals surface area (Å²) in [5.41, 5.74) is 0. The van der Waals surface area contributed by atoms with E-state index in [1.165, 1.54) is 12.1 Å². The van der Waals surface area contributed by atoms with Crippen molar-refractivity contribution in [3.8, 4) is 0 Å². The van der Waals surface area contributed by atoms with Crippen LogP contribution >= 0.6 is 0 Å². The topological polar surface area (TPSA) is 89.7 Å². The summed E-state index contributed by atoms with van der Waals surface area (Å²) in [6, 6.07) is 6.13. The molecule has 7 nitrogen and oxygen atoms in total. The molecule has 0 bridgehead atoms. The molecule has 3 heterocycles. The summed E-state index contributed by atoms with van der Waals surface area (Å²) in [4.78, 5) is 24.3. The molecular weight excluding hydrogens is 288 g/mol. The van der Waals surface area contributed by atoms with Gasteiger partial charge in [-0.15, -0.1) is 0 Å². The Kier molecular flexibility index (Phi) is 3.70. The number of nitro groups is 1. The minimum atomic E-state index is -0.652. The van der Waals surface area contributed by atoms with Crippen molar-refractivity contribution in [1.29, 1.82) is 0 Å². The average Bonchev–Trinajstić information content (AvgIpc) is 3.15. The summed E-state index contributed by atoms with van der Waals surface area (Å²) in [6.45, 7) is 2.44. The predicted molar refractivity (Wildman–Crippen MR) is 76.4 cm³/mol. The normalized spacial score (nSPS) is 18.4. The first-order valence-corrected chi connectivity index (χ1v) is 7.18. The maximum Gasteiger partial charge on any atom is 0.433 e. The summed E-state index contributed by atoms with van der Waals surface area (Å²) < 4.78 is 10.7. The molecule has 0 aromatic carbocycles. The van der Waals surface area contributed by atoms with Crippen molar-refractivity contribution in [2.24, 2.45) is 0 Å². The molecule has 0 aliphatic carbocycles. The van der Waals surface area contributed by atoms with Crippen LogP contribution in [-0.4, -0.2) is 22.3 Å². The number of piperidine rings is 1. The van der Waals surface area contributed by atoms with E-state index in [-0.39, 0.29) is 17.7 Å². The van der Waals surface area contributed by atoms with Crippen LogP contribution in [0.3, 0.4) is 0 Å². The van der Waals surface area contributed by atoms with Crippen molar-refractivity contribution in [2.75, 3.05) is 6.54 Å². The molecule has 1 amide bonds. The SMILES string of the molecule is Cc1ccc([C@@H]2CCCCN2C(=O)c2ccc([N+](=O)[O-])o2)o1. The van der Waals surface area contributed by atoms with Crippen LogP contribution in [0.2, 0.25) is 0 Å². The number of carbonyl (C=O) groups excluding carboxylic acids is 1. The minimum Gasteiger partial charge on any atom is -0.464 e. The van der Waals surface area contributed by atoms with Crippen molar-refractivity contribution < 1.29 is 18.6 Å². The summed E-state index contributed by atoms with van der Waals surface area (Å²) in [6.07, 6.45) is 2.71. The van der Waals surface area contributed by atoms with Gasteiger partial charge in [0.1, 0.15) is 16.4 Å². The lowest BCUT2D eigenvalue weighted by Gasteiger charge is -2.33.